The zero-order chi connectivity index (χ0) is 13.8. The van der Waals surface area contributed by atoms with Gasteiger partial charge in [-0.15, -0.1) is 0 Å². The Morgan fingerprint density at radius 1 is 1.37 bits per heavy atom. The van der Waals surface area contributed by atoms with Crippen molar-refractivity contribution in [2.24, 2.45) is 0 Å². The first-order chi connectivity index (χ1) is 9.10. The number of hydrogen-bond donors (Lipinski definition) is 1. The molecule has 0 unspecified atom stereocenters. The molecule has 0 radical (unpaired) electrons. The van der Waals surface area contributed by atoms with Crippen LogP contribution >= 0.6 is 11.6 Å². The molecule has 0 bridgehead atoms. The van der Waals surface area contributed by atoms with Crippen LogP contribution in [-0.4, -0.2) is 34.6 Å². The molecule has 0 saturated heterocycles. The number of methoxy groups -OCH3 is 1. The lowest BCUT2D eigenvalue weighted by Crippen LogP contribution is -2.12. The molecule has 0 aliphatic carbocycles. The van der Waals surface area contributed by atoms with Crippen LogP contribution in [0.15, 0.2) is 12.1 Å². The number of halogens is 1. The van der Waals surface area contributed by atoms with Gasteiger partial charge in [0.2, 0.25) is 11.9 Å². The first-order valence-electron chi connectivity index (χ1n) is 5.70. The third kappa shape index (κ3) is 3.36. The monoisotopic (exact) mass is 280 g/mol. The number of carbonyl (C=O) groups is 1. The van der Waals surface area contributed by atoms with E-state index in [0.717, 1.165) is 0 Å². The number of aromatic nitrogens is 3. The standard InChI is InChI=1S/C12H13ClN4O2/c1-7(18)14-12-15-8-3-4-10(13)17-11(8)9(16-12)5-6-19-2/h3-4H,5-6H2,1-2H3,(H,14,15,16,18). The average molecular weight is 281 g/mol. The molecule has 6 nitrogen and oxygen atoms in total. The maximum Gasteiger partial charge on any atom is 0.230 e. The Morgan fingerprint density at radius 2 is 2.16 bits per heavy atom. The van der Waals surface area contributed by atoms with Crippen molar-refractivity contribution in [1.29, 1.82) is 0 Å². The summed E-state index contributed by atoms with van der Waals surface area (Å²) in [6.07, 6.45) is 0.565. The van der Waals surface area contributed by atoms with Gasteiger partial charge in [0, 0.05) is 20.5 Å². The molecular formula is C12H13ClN4O2. The Morgan fingerprint density at radius 3 is 2.84 bits per heavy atom. The lowest BCUT2D eigenvalue weighted by Gasteiger charge is -2.08. The summed E-state index contributed by atoms with van der Waals surface area (Å²) >= 11 is 5.88. The highest BCUT2D eigenvalue weighted by Gasteiger charge is 2.10. The molecule has 0 spiro atoms. The van der Waals surface area contributed by atoms with E-state index in [1.165, 1.54) is 6.92 Å². The summed E-state index contributed by atoms with van der Waals surface area (Å²) in [6, 6.07) is 3.39. The molecule has 100 valence electrons. The number of nitrogens with zero attached hydrogens (tertiary/aromatic N) is 3. The zero-order valence-electron chi connectivity index (χ0n) is 10.6. The highest BCUT2D eigenvalue weighted by Crippen LogP contribution is 2.19. The molecular weight excluding hydrogens is 268 g/mol. The molecule has 0 aromatic carbocycles. The number of rotatable bonds is 4. The molecule has 2 heterocycles. The zero-order valence-corrected chi connectivity index (χ0v) is 11.4. The molecule has 0 saturated carbocycles. The second-order valence-electron chi connectivity index (χ2n) is 3.92. The smallest absolute Gasteiger partial charge is 0.230 e. The number of hydrogen-bond acceptors (Lipinski definition) is 5. The van der Waals surface area contributed by atoms with Crippen molar-refractivity contribution in [3.05, 3.63) is 23.0 Å². The molecule has 7 heteroatoms. The second kappa shape index (κ2) is 5.90. The van der Waals surface area contributed by atoms with E-state index in [1.807, 2.05) is 0 Å². The van der Waals surface area contributed by atoms with Crippen LogP contribution < -0.4 is 5.32 Å². The van der Waals surface area contributed by atoms with Crippen molar-refractivity contribution in [3.63, 3.8) is 0 Å². The second-order valence-corrected chi connectivity index (χ2v) is 4.31. The highest BCUT2D eigenvalue weighted by molar-refractivity contribution is 6.29. The van der Waals surface area contributed by atoms with Crippen molar-refractivity contribution in [2.75, 3.05) is 19.0 Å². The van der Waals surface area contributed by atoms with Crippen LogP contribution in [0.5, 0.6) is 0 Å². The summed E-state index contributed by atoms with van der Waals surface area (Å²) in [6.45, 7) is 1.91. The Bertz CT molecular complexity index is 618. The number of fused-ring (bicyclic) bond motifs is 1. The van der Waals surface area contributed by atoms with E-state index in [-0.39, 0.29) is 11.9 Å². The van der Waals surface area contributed by atoms with Crippen LogP contribution in [0.2, 0.25) is 5.15 Å². The van der Waals surface area contributed by atoms with Gasteiger partial charge in [-0.05, 0) is 12.1 Å². The Kier molecular flexibility index (Phi) is 4.24. The molecule has 0 aliphatic heterocycles. The van der Waals surface area contributed by atoms with Crippen LogP contribution in [0.3, 0.4) is 0 Å². The van der Waals surface area contributed by atoms with E-state index in [1.54, 1.807) is 19.2 Å². The van der Waals surface area contributed by atoms with Gasteiger partial charge in [0.15, 0.2) is 0 Å². The van der Waals surface area contributed by atoms with E-state index in [4.69, 9.17) is 16.3 Å². The maximum absolute atomic E-state index is 11.1. The van der Waals surface area contributed by atoms with E-state index in [0.29, 0.717) is 34.9 Å². The number of anilines is 1. The summed E-state index contributed by atoms with van der Waals surface area (Å²) in [4.78, 5) is 23.8. The van der Waals surface area contributed by atoms with Gasteiger partial charge in [-0.25, -0.2) is 15.0 Å². The van der Waals surface area contributed by atoms with Gasteiger partial charge in [-0.2, -0.15) is 0 Å². The molecule has 2 aromatic rings. The molecule has 1 amide bonds. The highest BCUT2D eigenvalue weighted by atomic mass is 35.5. The van der Waals surface area contributed by atoms with Crippen LogP contribution in [0, 0.1) is 0 Å². The fourth-order valence-electron chi connectivity index (χ4n) is 1.64. The Hall–Kier alpha value is -1.79. The van der Waals surface area contributed by atoms with Crippen LogP contribution in [-0.2, 0) is 16.0 Å². The molecule has 2 rings (SSSR count). The van der Waals surface area contributed by atoms with Crippen molar-refractivity contribution in [3.8, 4) is 0 Å². The minimum absolute atomic E-state index is 0.223. The summed E-state index contributed by atoms with van der Waals surface area (Å²) in [5.41, 5.74) is 1.95. The van der Waals surface area contributed by atoms with Gasteiger partial charge in [0.25, 0.3) is 0 Å². The van der Waals surface area contributed by atoms with Crippen molar-refractivity contribution in [1.82, 2.24) is 15.0 Å². The topological polar surface area (TPSA) is 77.0 Å². The molecule has 0 atom stereocenters. The number of pyridine rings is 1. The predicted octanol–water partition coefficient (Wildman–Crippen LogP) is 1.83. The fraction of sp³-hybridized carbons (Fsp3) is 0.333. The molecule has 0 aliphatic rings. The summed E-state index contributed by atoms with van der Waals surface area (Å²) in [5, 5.41) is 2.94. The third-order valence-corrected chi connectivity index (χ3v) is 2.62. The first kappa shape index (κ1) is 13.6. The quantitative estimate of drug-likeness (QED) is 0.865. The number of amides is 1. The number of nitrogens with one attached hydrogen (secondary N) is 1. The van der Waals surface area contributed by atoms with Gasteiger partial charge in [-0.1, -0.05) is 11.6 Å². The van der Waals surface area contributed by atoms with Gasteiger partial charge in [0.05, 0.1) is 17.8 Å². The molecule has 0 fully saturated rings. The number of ether oxygens (including phenoxy) is 1. The van der Waals surface area contributed by atoms with Gasteiger partial charge < -0.3 is 4.74 Å². The van der Waals surface area contributed by atoms with Crippen LogP contribution in [0.25, 0.3) is 11.0 Å². The molecule has 2 aromatic heterocycles. The fourth-order valence-corrected chi connectivity index (χ4v) is 1.78. The SMILES string of the molecule is COCCc1nc(NC(C)=O)nc2ccc(Cl)nc12. The molecule has 19 heavy (non-hydrogen) atoms. The van der Waals surface area contributed by atoms with Crippen LogP contribution in [0.1, 0.15) is 12.6 Å². The summed E-state index contributed by atoms with van der Waals surface area (Å²) < 4.78 is 5.04. The predicted molar refractivity (Wildman–Crippen MR) is 72.2 cm³/mol. The average Bonchev–Trinajstić information content (AvgIpc) is 2.35. The minimum Gasteiger partial charge on any atom is -0.384 e. The largest absolute Gasteiger partial charge is 0.384 e. The lowest BCUT2D eigenvalue weighted by molar-refractivity contribution is -0.114. The van der Waals surface area contributed by atoms with Gasteiger partial charge >= 0.3 is 0 Å². The first-order valence-corrected chi connectivity index (χ1v) is 6.07. The van der Waals surface area contributed by atoms with Crippen molar-refractivity contribution < 1.29 is 9.53 Å². The molecule has 1 N–H and O–H groups in total. The van der Waals surface area contributed by atoms with Gasteiger partial charge in [-0.3, -0.25) is 10.1 Å². The summed E-state index contributed by atoms with van der Waals surface area (Å²) in [7, 11) is 1.61. The lowest BCUT2D eigenvalue weighted by atomic mass is 10.2. The van der Waals surface area contributed by atoms with Crippen molar-refractivity contribution >= 4 is 34.5 Å². The van der Waals surface area contributed by atoms with E-state index < -0.39 is 0 Å². The van der Waals surface area contributed by atoms with Crippen LogP contribution in [0.4, 0.5) is 5.95 Å². The number of carbonyl (C=O) groups excluding carboxylic acids is 1. The normalized spacial score (nSPS) is 10.7. The Labute approximate surface area is 115 Å². The third-order valence-electron chi connectivity index (χ3n) is 2.41. The maximum atomic E-state index is 11.1. The Balaban J connectivity index is 2.51. The van der Waals surface area contributed by atoms with E-state index >= 15 is 0 Å². The van der Waals surface area contributed by atoms with Crippen molar-refractivity contribution in [2.45, 2.75) is 13.3 Å². The van der Waals surface area contributed by atoms with E-state index in [9.17, 15) is 4.79 Å². The van der Waals surface area contributed by atoms with Gasteiger partial charge in [0.1, 0.15) is 10.7 Å². The minimum atomic E-state index is -0.223. The van der Waals surface area contributed by atoms with E-state index in [2.05, 4.69) is 20.3 Å². The summed E-state index contributed by atoms with van der Waals surface area (Å²) in [5.74, 6) is 0.0363.